The molecule has 1 amide bonds. The van der Waals surface area contributed by atoms with E-state index in [9.17, 15) is 4.79 Å². The van der Waals surface area contributed by atoms with Crippen molar-refractivity contribution >= 4 is 34.3 Å². The normalized spacial score (nSPS) is 20.4. The van der Waals surface area contributed by atoms with E-state index in [2.05, 4.69) is 27.7 Å². The van der Waals surface area contributed by atoms with E-state index in [1.165, 1.54) is 0 Å². The van der Waals surface area contributed by atoms with Crippen LogP contribution >= 0.6 is 22.6 Å². The largest absolute Gasteiger partial charge is 0.409 e. The minimum absolute atomic E-state index is 0.0143. The first-order chi connectivity index (χ1) is 9.13. The van der Waals surface area contributed by atoms with Gasteiger partial charge in [-0.15, -0.1) is 0 Å². The van der Waals surface area contributed by atoms with E-state index in [0.717, 1.165) is 23.0 Å². The van der Waals surface area contributed by atoms with Crippen LogP contribution in [0.3, 0.4) is 0 Å². The predicted molar refractivity (Wildman–Crippen MR) is 81.2 cm³/mol. The van der Waals surface area contributed by atoms with Crippen molar-refractivity contribution in [3.8, 4) is 0 Å². The molecule has 1 heterocycles. The SMILES string of the molecule is NC(=NO)C1CCCN(C(=O)c2ccccc2I)C1. The van der Waals surface area contributed by atoms with Crippen molar-refractivity contribution in [3.63, 3.8) is 0 Å². The highest BCUT2D eigenvalue weighted by Crippen LogP contribution is 2.20. The second-order valence-corrected chi connectivity index (χ2v) is 5.76. The molecule has 1 aliphatic rings. The molecule has 1 saturated heterocycles. The zero-order chi connectivity index (χ0) is 13.8. The number of amidine groups is 1. The Bertz CT molecular complexity index is 504. The number of hydrogen-bond acceptors (Lipinski definition) is 3. The lowest BCUT2D eigenvalue weighted by Gasteiger charge is -2.32. The van der Waals surface area contributed by atoms with Gasteiger partial charge in [0.15, 0.2) is 0 Å². The summed E-state index contributed by atoms with van der Waals surface area (Å²) >= 11 is 2.16. The van der Waals surface area contributed by atoms with Crippen molar-refractivity contribution < 1.29 is 10.0 Å². The lowest BCUT2D eigenvalue weighted by atomic mass is 9.96. The maximum absolute atomic E-state index is 12.5. The van der Waals surface area contributed by atoms with Crippen molar-refractivity contribution in [2.24, 2.45) is 16.8 Å². The number of rotatable bonds is 2. The van der Waals surface area contributed by atoms with E-state index in [1.54, 1.807) is 4.90 Å². The van der Waals surface area contributed by atoms with Crippen LogP contribution in [0.25, 0.3) is 0 Å². The molecule has 1 atom stereocenters. The predicted octanol–water partition coefficient (Wildman–Crippen LogP) is 1.89. The lowest BCUT2D eigenvalue weighted by molar-refractivity contribution is 0.0700. The first kappa shape index (κ1) is 14.1. The van der Waals surface area contributed by atoms with E-state index in [-0.39, 0.29) is 17.7 Å². The molecule has 0 spiro atoms. The maximum Gasteiger partial charge on any atom is 0.254 e. The summed E-state index contributed by atoms with van der Waals surface area (Å²) in [6.45, 7) is 1.23. The number of amides is 1. The summed E-state index contributed by atoms with van der Waals surface area (Å²) < 4.78 is 0.941. The fourth-order valence-electron chi connectivity index (χ4n) is 2.29. The Kier molecular flexibility index (Phi) is 4.62. The number of carbonyl (C=O) groups is 1. The summed E-state index contributed by atoms with van der Waals surface area (Å²) in [5, 5.41) is 11.8. The van der Waals surface area contributed by atoms with Gasteiger partial charge in [0.05, 0.1) is 5.56 Å². The molecule has 5 nitrogen and oxygen atoms in total. The van der Waals surface area contributed by atoms with Crippen LogP contribution in [0.4, 0.5) is 0 Å². The number of nitrogens with two attached hydrogens (primary N) is 1. The molecule has 19 heavy (non-hydrogen) atoms. The molecule has 2 rings (SSSR count). The Labute approximate surface area is 125 Å². The van der Waals surface area contributed by atoms with Crippen LogP contribution in [-0.2, 0) is 0 Å². The van der Waals surface area contributed by atoms with Crippen LogP contribution in [0.5, 0.6) is 0 Å². The third-order valence-electron chi connectivity index (χ3n) is 3.35. The fraction of sp³-hybridized carbons (Fsp3) is 0.385. The number of piperidine rings is 1. The van der Waals surface area contributed by atoms with Crippen LogP contribution in [0, 0.1) is 9.49 Å². The Balaban J connectivity index is 2.14. The van der Waals surface area contributed by atoms with Crippen LogP contribution in [-0.4, -0.2) is 34.9 Å². The average Bonchev–Trinajstić information content (AvgIpc) is 2.46. The van der Waals surface area contributed by atoms with E-state index in [1.807, 2.05) is 24.3 Å². The Morgan fingerprint density at radius 2 is 2.21 bits per heavy atom. The van der Waals surface area contributed by atoms with Gasteiger partial charge in [-0.3, -0.25) is 4.79 Å². The third kappa shape index (κ3) is 3.17. The van der Waals surface area contributed by atoms with E-state index in [4.69, 9.17) is 10.9 Å². The summed E-state index contributed by atoms with van der Waals surface area (Å²) in [4.78, 5) is 14.2. The standard InChI is InChI=1S/C13H16IN3O2/c14-11-6-2-1-5-10(11)13(18)17-7-3-4-9(8-17)12(15)16-19/h1-2,5-6,9,19H,3-4,7-8H2,(H2,15,16). The molecule has 0 aliphatic carbocycles. The number of oxime groups is 1. The van der Waals surface area contributed by atoms with Gasteiger partial charge >= 0.3 is 0 Å². The fourth-order valence-corrected chi connectivity index (χ4v) is 2.91. The maximum atomic E-state index is 12.5. The average molecular weight is 373 g/mol. The molecule has 102 valence electrons. The van der Waals surface area contributed by atoms with Crippen LogP contribution in [0.2, 0.25) is 0 Å². The summed E-state index contributed by atoms with van der Waals surface area (Å²) in [6, 6.07) is 7.52. The van der Waals surface area contributed by atoms with E-state index < -0.39 is 0 Å². The molecule has 1 aromatic rings. The molecule has 3 N–H and O–H groups in total. The molecule has 1 aliphatic heterocycles. The van der Waals surface area contributed by atoms with Crippen LogP contribution in [0.15, 0.2) is 29.4 Å². The highest BCUT2D eigenvalue weighted by Gasteiger charge is 2.27. The van der Waals surface area contributed by atoms with Gasteiger partial charge in [-0.05, 0) is 47.6 Å². The molecule has 1 aromatic carbocycles. The Morgan fingerprint density at radius 3 is 2.89 bits per heavy atom. The van der Waals surface area contributed by atoms with Gasteiger partial charge in [0.1, 0.15) is 5.84 Å². The van der Waals surface area contributed by atoms with Gasteiger partial charge in [0.25, 0.3) is 5.91 Å². The topological polar surface area (TPSA) is 78.9 Å². The van der Waals surface area contributed by atoms with Gasteiger partial charge in [0, 0.05) is 22.6 Å². The molecule has 0 aromatic heterocycles. The van der Waals surface area contributed by atoms with Crippen LogP contribution < -0.4 is 5.73 Å². The minimum atomic E-state index is -0.0518. The zero-order valence-electron chi connectivity index (χ0n) is 10.4. The molecule has 0 radical (unpaired) electrons. The summed E-state index contributed by atoms with van der Waals surface area (Å²) in [7, 11) is 0. The smallest absolute Gasteiger partial charge is 0.254 e. The van der Waals surface area contributed by atoms with Gasteiger partial charge < -0.3 is 15.8 Å². The Morgan fingerprint density at radius 1 is 1.47 bits per heavy atom. The quantitative estimate of drug-likeness (QED) is 0.273. The van der Waals surface area contributed by atoms with Crippen molar-refractivity contribution in [1.29, 1.82) is 0 Å². The van der Waals surface area contributed by atoms with Crippen molar-refractivity contribution in [3.05, 3.63) is 33.4 Å². The van der Waals surface area contributed by atoms with E-state index >= 15 is 0 Å². The molecular formula is C13H16IN3O2. The lowest BCUT2D eigenvalue weighted by Crippen LogP contribution is -2.44. The highest BCUT2D eigenvalue weighted by atomic mass is 127. The minimum Gasteiger partial charge on any atom is -0.409 e. The zero-order valence-corrected chi connectivity index (χ0v) is 12.6. The van der Waals surface area contributed by atoms with Crippen molar-refractivity contribution in [2.75, 3.05) is 13.1 Å². The number of nitrogens with zero attached hydrogens (tertiary/aromatic N) is 2. The summed E-state index contributed by atoms with van der Waals surface area (Å²) in [5.74, 6) is 0.171. The molecule has 6 heteroatoms. The highest BCUT2D eigenvalue weighted by molar-refractivity contribution is 14.1. The third-order valence-corrected chi connectivity index (χ3v) is 4.29. The van der Waals surface area contributed by atoms with E-state index in [0.29, 0.717) is 12.1 Å². The molecular weight excluding hydrogens is 357 g/mol. The Hall–Kier alpha value is -1.31. The summed E-state index contributed by atoms with van der Waals surface area (Å²) in [6.07, 6.45) is 1.72. The molecule has 0 bridgehead atoms. The number of halogens is 1. The second-order valence-electron chi connectivity index (χ2n) is 4.60. The van der Waals surface area contributed by atoms with Crippen LogP contribution in [0.1, 0.15) is 23.2 Å². The number of hydrogen-bond donors (Lipinski definition) is 2. The first-order valence-electron chi connectivity index (χ1n) is 6.14. The first-order valence-corrected chi connectivity index (χ1v) is 7.22. The van der Waals surface area contributed by atoms with Gasteiger partial charge in [0.2, 0.25) is 0 Å². The monoisotopic (exact) mass is 373 g/mol. The number of carbonyl (C=O) groups excluding carboxylic acids is 1. The van der Waals surface area contributed by atoms with Gasteiger partial charge in [-0.1, -0.05) is 17.3 Å². The number of likely N-dealkylation sites (tertiary alicyclic amines) is 1. The molecule has 1 unspecified atom stereocenters. The second kappa shape index (κ2) is 6.23. The molecule has 1 fully saturated rings. The molecule has 0 saturated carbocycles. The van der Waals surface area contributed by atoms with Gasteiger partial charge in [-0.25, -0.2) is 0 Å². The number of benzene rings is 1. The van der Waals surface area contributed by atoms with Crippen molar-refractivity contribution in [2.45, 2.75) is 12.8 Å². The van der Waals surface area contributed by atoms with Crippen molar-refractivity contribution in [1.82, 2.24) is 4.90 Å². The summed E-state index contributed by atoms with van der Waals surface area (Å²) in [5.41, 5.74) is 6.35. The van der Waals surface area contributed by atoms with Gasteiger partial charge in [-0.2, -0.15) is 0 Å².